The molecule has 0 aliphatic carbocycles. The molecule has 8 nitrogen and oxygen atoms in total. The number of anilines is 1. The Morgan fingerprint density at radius 2 is 2.13 bits per heavy atom. The van der Waals surface area contributed by atoms with E-state index in [4.69, 9.17) is 4.74 Å². The first kappa shape index (κ1) is 22.1. The Morgan fingerprint density at radius 3 is 2.87 bits per heavy atom. The molecule has 1 saturated heterocycles. The summed E-state index contributed by atoms with van der Waals surface area (Å²) >= 11 is 0. The van der Waals surface area contributed by atoms with Crippen LogP contribution in [0.15, 0.2) is 29.3 Å². The Morgan fingerprint density at radius 1 is 1.30 bits per heavy atom. The summed E-state index contributed by atoms with van der Waals surface area (Å²) in [5.74, 6) is 1.19. The number of rotatable bonds is 9. The first-order valence-corrected chi connectivity index (χ1v) is 10.8. The first-order valence-electron chi connectivity index (χ1n) is 10.8. The maximum absolute atomic E-state index is 12.1. The van der Waals surface area contributed by atoms with Crippen molar-refractivity contribution in [2.24, 2.45) is 4.99 Å². The van der Waals surface area contributed by atoms with Gasteiger partial charge in [0, 0.05) is 57.9 Å². The second-order valence-corrected chi connectivity index (χ2v) is 7.65. The zero-order valence-corrected chi connectivity index (χ0v) is 18.0. The Hall–Kier alpha value is -2.61. The number of hydrogen-bond acceptors (Lipinski definition) is 4. The maximum atomic E-state index is 12.1. The topological polar surface area (TPSA) is 86.3 Å². The van der Waals surface area contributed by atoms with Crippen molar-refractivity contribution in [1.82, 2.24) is 15.5 Å². The molecule has 0 saturated carbocycles. The number of para-hydroxylation sites is 1. The second-order valence-electron chi connectivity index (χ2n) is 7.65. The van der Waals surface area contributed by atoms with Crippen molar-refractivity contribution in [3.8, 4) is 0 Å². The Balaban J connectivity index is 1.68. The lowest BCUT2D eigenvalue weighted by molar-refractivity contribution is -0.127. The Labute approximate surface area is 178 Å². The number of carbonyl (C=O) groups is 2. The molecule has 30 heavy (non-hydrogen) atoms. The molecule has 8 heteroatoms. The third-order valence-corrected chi connectivity index (χ3v) is 5.58. The van der Waals surface area contributed by atoms with E-state index in [9.17, 15) is 9.59 Å². The minimum absolute atomic E-state index is 0.0671. The highest BCUT2D eigenvalue weighted by atomic mass is 16.5. The third-order valence-electron chi connectivity index (χ3n) is 5.58. The lowest BCUT2D eigenvalue weighted by atomic mass is 9.98. The monoisotopic (exact) mass is 415 g/mol. The van der Waals surface area contributed by atoms with E-state index in [0.29, 0.717) is 31.4 Å². The number of methoxy groups -OCH3 is 1. The fraction of sp³-hybridized carbons (Fsp3) is 0.591. The quantitative estimate of drug-likeness (QED) is 0.361. The minimum atomic E-state index is -0.126. The van der Waals surface area contributed by atoms with Gasteiger partial charge in [-0.25, -0.2) is 4.99 Å². The van der Waals surface area contributed by atoms with Gasteiger partial charge in [-0.3, -0.25) is 9.59 Å². The number of nitrogens with zero attached hydrogens (tertiary/aromatic N) is 3. The lowest BCUT2D eigenvalue weighted by Crippen LogP contribution is -2.42. The zero-order valence-electron chi connectivity index (χ0n) is 18.0. The molecule has 1 aromatic carbocycles. The molecule has 1 aromatic rings. The van der Waals surface area contributed by atoms with Gasteiger partial charge in [-0.15, -0.1) is 0 Å². The molecule has 2 heterocycles. The molecule has 2 N–H and O–H groups in total. The molecule has 0 radical (unpaired) electrons. The molecule has 2 amide bonds. The van der Waals surface area contributed by atoms with Crippen molar-refractivity contribution in [3.63, 3.8) is 0 Å². The number of hydrogen-bond donors (Lipinski definition) is 2. The van der Waals surface area contributed by atoms with Crippen LogP contribution in [0.25, 0.3) is 0 Å². The highest BCUT2D eigenvalue weighted by molar-refractivity contribution is 5.99. The van der Waals surface area contributed by atoms with Gasteiger partial charge in [-0.05, 0) is 31.4 Å². The Kier molecular flexibility index (Phi) is 8.07. The number of nitrogens with one attached hydrogen (secondary N) is 2. The molecule has 1 atom stereocenters. The lowest BCUT2D eigenvalue weighted by Gasteiger charge is -2.23. The summed E-state index contributed by atoms with van der Waals surface area (Å²) in [7, 11) is 1.61. The van der Waals surface area contributed by atoms with Crippen molar-refractivity contribution in [2.45, 2.75) is 32.1 Å². The first-order chi connectivity index (χ1) is 14.6. The molecule has 1 fully saturated rings. The summed E-state index contributed by atoms with van der Waals surface area (Å²) in [5, 5.41) is 6.12. The number of guanidine groups is 1. The summed E-state index contributed by atoms with van der Waals surface area (Å²) in [5.41, 5.74) is 2.40. The largest absolute Gasteiger partial charge is 0.383 e. The van der Waals surface area contributed by atoms with Crippen molar-refractivity contribution in [1.29, 1.82) is 0 Å². The van der Waals surface area contributed by atoms with E-state index in [2.05, 4.69) is 38.7 Å². The fourth-order valence-corrected chi connectivity index (χ4v) is 4.09. The number of ether oxygens (including phenoxy) is 1. The normalized spacial score (nSPS) is 18.7. The van der Waals surface area contributed by atoms with Crippen LogP contribution in [0.3, 0.4) is 0 Å². The predicted octanol–water partition coefficient (Wildman–Crippen LogP) is 1.33. The molecule has 0 bridgehead atoms. The van der Waals surface area contributed by atoms with Gasteiger partial charge in [0.05, 0.1) is 6.61 Å². The third kappa shape index (κ3) is 5.50. The van der Waals surface area contributed by atoms with Gasteiger partial charge in [0.25, 0.3) is 0 Å². The van der Waals surface area contributed by atoms with Crippen LogP contribution in [-0.4, -0.2) is 75.7 Å². The Bertz CT molecular complexity index is 767. The van der Waals surface area contributed by atoms with Gasteiger partial charge in [-0.2, -0.15) is 0 Å². The van der Waals surface area contributed by atoms with Crippen molar-refractivity contribution in [3.05, 3.63) is 29.8 Å². The average Bonchev–Trinajstić information content (AvgIpc) is 3.33. The summed E-state index contributed by atoms with van der Waals surface area (Å²) in [6.45, 7) is 6.22. The predicted molar refractivity (Wildman–Crippen MR) is 118 cm³/mol. The number of fused-ring (bicyclic) bond motifs is 1. The second kappa shape index (κ2) is 11.0. The van der Waals surface area contributed by atoms with Gasteiger partial charge in [0.15, 0.2) is 5.96 Å². The zero-order chi connectivity index (χ0) is 21.3. The highest BCUT2D eigenvalue weighted by Gasteiger charge is 2.32. The summed E-state index contributed by atoms with van der Waals surface area (Å²) in [6, 6.07) is 8.34. The van der Waals surface area contributed by atoms with Crippen molar-refractivity contribution in [2.75, 3.05) is 57.9 Å². The molecular formula is C22H33N5O3. The van der Waals surface area contributed by atoms with Crippen LogP contribution in [0.5, 0.6) is 0 Å². The van der Waals surface area contributed by atoms with Crippen LogP contribution in [0.4, 0.5) is 5.69 Å². The molecule has 1 unspecified atom stereocenters. The average molecular weight is 416 g/mol. The smallest absolute Gasteiger partial charge is 0.241 e. The molecule has 3 rings (SSSR count). The SMILES string of the molecule is CCNC(=NCC(=O)NCCOC)N1CC(CCN2CCCC2=O)c2ccccc21. The molecule has 2 aliphatic rings. The van der Waals surface area contributed by atoms with E-state index in [1.807, 2.05) is 17.9 Å². The number of carbonyl (C=O) groups excluding carboxylic acids is 2. The van der Waals surface area contributed by atoms with Crippen molar-refractivity contribution >= 4 is 23.5 Å². The molecule has 2 aliphatic heterocycles. The van der Waals surface area contributed by atoms with E-state index in [-0.39, 0.29) is 18.4 Å². The van der Waals surface area contributed by atoms with E-state index < -0.39 is 0 Å². The van der Waals surface area contributed by atoms with E-state index in [0.717, 1.165) is 44.7 Å². The van der Waals surface area contributed by atoms with Crippen LogP contribution in [0.1, 0.15) is 37.7 Å². The van der Waals surface area contributed by atoms with Crippen LogP contribution in [0, 0.1) is 0 Å². The van der Waals surface area contributed by atoms with E-state index in [1.165, 1.54) is 5.56 Å². The van der Waals surface area contributed by atoms with Gasteiger partial charge in [0.1, 0.15) is 6.54 Å². The highest BCUT2D eigenvalue weighted by Crippen LogP contribution is 2.38. The summed E-state index contributed by atoms with van der Waals surface area (Å²) in [4.78, 5) is 32.8. The summed E-state index contributed by atoms with van der Waals surface area (Å²) in [6.07, 6.45) is 2.57. The van der Waals surface area contributed by atoms with Crippen LogP contribution >= 0.6 is 0 Å². The van der Waals surface area contributed by atoms with Gasteiger partial charge < -0.3 is 25.2 Å². The number of amides is 2. The minimum Gasteiger partial charge on any atom is -0.383 e. The van der Waals surface area contributed by atoms with Crippen LogP contribution < -0.4 is 15.5 Å². The molecule has 164 valence electrons. The molecule has 0 aromatic heterocycles. The molecule has 0 spiro atoms. The number of aliphatic imine (C=N–C) groups is 1. The van der Waals surface area contributed by atoms with Gasteiger partial charge in [0.2, 0.25) is 11.8 Å². The number of benzene rings is 1. The van der Waals surface area contributed by atoms with Crippen LogP contribution in [-0.2, 0) is 14.3 Å². The maximum Gasteiger partial charge on any atom is 0.241 e. The van der Waals surface area contributed by atoms with Gasteiger partial charge >= 0.3 is 0 Å². The van der Waals surface area contributed by atoms with E-state index >= 15 is 0 Å². The summed E-state index contributed by atoms with van der Waals surface area (Å²) < 4.78 is 4.96. The van der Waals surface area contributed by atoms with E-state index in [1.54, 1.807) is 7.11 Å². The van der Waals surface area contributed by atoms with Gasteiger partial charge in [-0.1, -0.05) is 18.2 Å². The fourth-order valence-electron chi connectivity index (χ4n) is 4.09. The van der Waals surface area contributed by atoms with Crippen molar-refractivity contribution < 1.29 is 14.3 Å². The van der Waals surface area contributed by atoms with Crippen LogP contribution in [0.2, 0.25) is 0 Å². The number of likely N-dealkylation sites (tertiary alicyclic amines) is 1. The molecular weight excluding hydrogens is 382 g/mol. The standard InChI is InChI=1S/C22H33N5O3/c1-3-23-22(25-15-20(28)24-11-14-30-2)27-16-17(18-7-4-5-8-19(18)27)10-13-26-12-6-9-21(26)29/h4-5,7-8,17H,3,6,9-16H2,1-2H3,(H,23,25)(H,24,28).